The SMILES string of the molecule is COC(=O)C1C2CCC([C@@H]1c1ccc(F)cc1)N2C. The summed E-state index contributed by atoms with van der Waals surface area (Å²) in [7, 11) is 3.51. The number of benzene rings is 1. The minimum Gasteiger partial charge on any atom is -0.469 e. The Morgan fingerprint density at radius 2 is 1.89 bits per heavy atom. The average molecular weight is 263 g/mol. The zero-order valence-corrected chi connectivity index (χ0v) is 11.2. The Labute approximate surface area is 112 Å². The van der Waals surface area contributed by atoms with Crippen molar-refractivity contribution in [2.24, 2.45) is 5.92 Å². The summed E-state index contributed by atoms with van der Waals surface area (Å²) >= 11 is 0. The minimum absolute atomic E-state index is 0.122. The number of methoxy groups -OCH3 is 1. The molecule has 2 aliphatic rings. The summed E-state index contributed by atoms with van der Waals surface area (Å²) in [5.41, 5.74) is 1.04. The number of hydrogen-bond acceptors (Lipinski definition) is 3. The van der Waals surface area contributed by atoms with Crippen molar-refractivity contribution in [1.82, 2.24) is 4.90 Å². The van der Waals surface area contributed by atoms with E-state index < -0.39 is 0 Å². The molecule has 0 aromatic heterocycles. The molecule has 0 spiro atoms. The van der Waals surface area contributed by atoms with E-state index in [0.29, 0.717) is 6.04 Å². The first-order valence-electron chi connectivity index (χ1n) is 6.68. The molecule has 19 heavy (non-hydrogen) atoms. The Hall–Kier alpha value is -1.42. The fraction of sp³-hybridized carbons (Fsp3) is 0.533. The van der Waals surface area contributed by atoms with Crippen LogP contribution in [0, 0.1) is 11.7 Å². The van der Waals surface area contributed by atoms with Crippen molar-refractivity contribution in [3.05, 3.63) is 35.6 Å². The lowest BCUT2D eigenvalue weighted by Gasteiger charge is -2.27. The van der Waals surface area contributed by atoms with Crippen molar-refractivity contribution >= 4 is 5.97 Å². The maximum absolute atomic E-state index is 13.1. The number of carbonyl (C=O) groups excluding carboxylic acids is 1. The van der Waals surface area contributed by atoms with Gasteiger partial charge in [0.05, 0.1) is 13.0 Å². The molecule has 3 unspecified atom stereocenters. The number of carbonyl (C=O) groups is 1. The summed E-state index contributed by atoms with van der Waals surface area (Å²) in [4.78, 5) is 14.4. The van der Waals surface area contributed by atoms with Gasteiger partial charge in [0.15, 0.2) is 0 Å². The van der Waals surface area contributed by atoms with E-state index in [0.717, 1.165) is 18.4 Å². The molecule has 1 aromatic carbocycles. The van der Waals surface area contributed by atoms with E-state index in [-0.39, 0.29) is 29.7 Å². The zero-order chi connectivity index (χ0) is 13.6. The van der Waals surface area contributed by atoms with Crippen molar-refractivity contribution in [1.29, 1.82) is 0 Å². The predicted octanol–water partition coefficient (Wildman–Crippen LogP) is 2.17. The van der Waals surface area contributed by atoms with Crippen LogP contribution >= 0.6 is 0 Å². The number of likely N-dealkylation sites (N-methyl/N-ethyl adjacent to an activating group) is 1. The Bertz CT molecular complexity index is 487. The van der Waals surface area contributed by atoms with E-state index >= 15 is 0 Å². The highest BCUT2D eigenvalue weighted by atomic mass is 19.1. The number of nitrogens with zero attached hydrogens (tertiary/aromatic N) is 1. The normalized spacial score (nSPS) is 33.6. The molecule has 0 N–H and O–H groups in total. The molecule has 3 rings (SSSR count). The molecule has 3 nitrogen and oxygen atoms in total. The van der Waals surface area contributed by atoms with Crippen molar-refractivity contribution in [3.8, 4) is 0 Å². The summed E-state index contributed by atoms with van der Waals surface area (Å²) in [6, 6.07) is 7.15. The van der Waals surface area contributed by atoms with E-state index in [1.165, 1.54) is 19.2 Å². The fourth-order valence-corrected chi connectivity index (χ4v) is 3.89. The van der Waals surface area contributed by atoms with E-state index in [1.807, 2.05) is 0 Å². The quantitative estimate of drug-likeness (QED) is 0.766. The number of fused-ring (bicyclic) bond motifs is 2. The fourth-order valence-electron chi connectivity index (χ4n) is 3.89. The number of rotatable bonds is 2. The standard InChI is InChI=1S/C15H18FNO2/c1-17-11-7-8-12(17)14(15(18)19-2)13(11)9-3-5-10(16)6-4-9/h3-6,11-14H,7-8H2,1-2H3/t11?,12?,13-,14?/m0/s1. The lowest BCUT2D eigenvalue weighted by Crippen LogP contribution is -2.33. The van der Waals surface area contributed by atoms with Gasteiger partial charge in [-0.15, -0.1) is 0 Å². The Morgan fingerprint density at radius 3 is 2.53 bits per heavy atom. The molecule has 2 aliphatic heterocycles. The number of halogens is 1. The van der Waals surface area contributed by atoms with Gasteiger partial charge in [0.2, 0.25) is 0 Å². The lowest BCUT2D eigenvalue weighted by atomic mass is 9.75. The molecule has 102 valence electrons. The van der Waals surface area contributed by atoms with E-state index in [4.69, 9.17) is 4.74 Å². The maximum Gasteiger partial charge on any atom is 0.310 e. The van der Waals surface area contributed by atoms with Crippen LogP contribution in [0.1, 0.15) is 24.3 Å². The Kier molecular flexibility index (Phi) is 3.05. The summed E-state index contributed by atoms with van der Waals surface area (Å²) in [5, 5.41) is 0. The first-order chi connectivity index (χ1) is 9.13. The maximum atomic E-state index is 13.1. The van der Waals surface area contributed by atoms with Gasteiger partial charge in [-0.3, -0.25) is 9.69 Å². The number of ether oxygens (including phenoxy) is 1. The molecule has 1 aromatic rings. The molecule has 4 atom stereocenters. The summed E-state index contributed by atoms with van der Waals surface area (Å²) in [6.45, 7) is 0. The summed E-state index contributed by atoms with van der Waals surface area (Å²) in [6.07, 6.45) is 2.13. The third kappa shape index (κ3) is 1.86. The van der Waals surface area contributed by atoms with Gasteiger partial charge in [-0.25, -0.2) is 4.39 Å². The van der Waals surface area contributed by atoms with Crippen LogP contribution in [0.2, 0.25) is 0 Å². The van der Waals surface area contributed by atoms with Crippen LogP contribution < -0.4 is 0 Å². The monoisotopic (exact) mass is 263 g/mol. The van der Waals surface area contributed by atoms with Gasteiger partial charge in [0, 0.05) is 18.0 Å². The number of esters is 1. The second-order valence-corrected chi connectivity index (χ2v) is 5.50. The molecule has 0 saturated carbocycles. The predicted molar refractivity (Wildman–Crippen MR) is 69.2 cm³/mol. The molecule has 2 fully saturated rings. The van der Waals surface area contributed by atoms with Gasteiger partial charge < -0.3 is 4.74 Å². The molecule has 0 amide bonds. The first kappa shape index (κ1) is 12.6. The van der Waals surface area contributed by atoms with Crippen molar-refractivity contribution < 1.29 is 13.9 Å². The van der Waals surface area contributed by atoms with E-state index in [9.17, 15) is 9.18 Å². The van der Waals surface area contributed by atoms with Crippen LogP contribution in [0.4, 0.5) is 4.39 Å². The average Bonchev–Trinajstić information content (AvgIpc) is 2.92. The van der Waals surface area contributed by atoms with Crippen molar-refractivity contribution in [3.63, 3.8) is 0 Å². The van der Waals surface area contributed by atoms with Gasteiger partial charge in [0.25, 0.3) is 0 Å². The molecule has 2 heterocycles. The number of hydrogen-bond donors (Lipinski definition) is 0. The topological polar surface area (TPSA) is 29.5 Å². The highest BCUT2D eigenvalue weighted by Gasteiger charge is 2.55. The van der Waals surface area contributed by atoms with Gasteiger partial charge >= 0.3 is 5.97 Å². The van der Waals surface area contributed by atoms with Crippen molar-refractivity contribution in [2.45, 2.75) is 30.8 Å². The lowest BCUT2D eigenvalue weighted by molar-refractivity contribution is -0.147. The van der Waals surface area contributed by atoms with Crippen LogP contribution in [0.15, 0.2) is 24.3 Å². The third-order valence-corrected chi connectivity index (χ3v) is 4.75. The first-order valence-corrected chi connectivity index (χ1v) is 6.68. The smallest absolute Gasteiger partial charge is 0.310 e. The highest BCUT2D eigenvalue weighted by Crippen LogP contribution is 2.50. The molecule has 2 bridgehead atoms. The summed E-state index contributed by atoms with van der Waals surface area (Å²) in [5.74, 6) is -0.390. The Balaban J connectivity index is 1.97. The molecular formula is C15H18FNO2. The van der Waals surface area contributed by atoms with Crippen LogP contribution in [0.3, 0.4) is 0 Å². The minimum atomic E-state index is -0.241. The van der Waals surface area contributed by atoms with Gasteiger partial charge in [0.1, 0.15) is 5.82 Å². The van der Waals surface area contributed by atoms with Crippen LogP contribution in [0.25, 0.3) is 0 Å². The van der Waals surface area contributed by atoms with Crippen LogP contribution in [-0.4, -0.2) is 37.1 Å². The van der Waals surface area contributed by atoms with Gasteiger partial charge in [-0.1, -0.05) is 12.1 Å². The second-order valence-electron chi connectivity index (χ2n) is 5.50. The molecule has 2 saturated heterocycles. The molecule has 0 radical (unpaired) electrons. The third-order valence-electron chi connectivity index (χ3n) is 4.75. The van der Waals surface area contributed by atoms with Crippen LogP contribution in [0.5, 0.6) is 0 Å². The molecule has 0 aliphatic carbocycles. The van der Waals surface area contributed by atoms with Crippen molar-refractivity contribution in [2.75, 3.05) is 14.2 Å². The Morgan fingerprint density at radius 1 is 1.26 bits per heavy atom. The highest BCUT2D eigenvalue weighted by molar-refractivity contribution is 5.75. The van der Waals surface area contributed by atoms with Gasteiger partial charge in [-0.05, 0) is 37.6 Å². The van der Waals surface area contributed by atoms with E-state index in [1.54, 1.807) is 12.1 Å². The largest absolute Gasteiger partial charge is 0.469 e. The van der Waals surface area contributed by atoms with Gasteiger partial charge in [-0.2, -0.15) is 0 Å². The van der Waals surface area contributed by atoms with E-state index in [2.05, 4.69) is 11.9 Å². The second kappa shape index (κ2) is 4.60. The van der Waals surface area contributed by atoms with Crippen LogP contribution in [-0.2, 0) is 9.53 Å². The summed E-state index contributed by atoms with van der Waals surface area (Å²) < 4.78 is 18.0. The zero-order valence-electron chi connectivity index (χ0n) is 11.2. The molecule has 4 heteroatoms. The molecular weight excluding hydrogens is 245 g/mol.